The van der Waals surface area contributed by atoms with Gasteiger partial charge in [0.2, 0.25) is 0 Å². The number of anilines is 1. The summed E-state index contributed by atoms with van der Waals surface area (Å²) in [6, 6.07) is 6.69. The minimum absolute atomic E-state index is 0.183. The monoisotopic (exact) mass is 245 g/mol. The van der Waals surface area contributed by atoms with Crippen LogP contribution in [-0.2, 0) is 10.1 Å². The molecule has 1 rings (SSSR count). The molecular formula is C10H15NO4S. The van der Waals surface area contributed by atoms with Crippen LogP contribution < -0.4 is 5.32 Å². The first kappa shape index (κ1) is 12.8. The summed E-state index contributed by atoms with van der Waals surface area (Å²) in [6.07, 6.45) is 1.04. The van der Waals surface area contributed by atoms with Crippen LogP contribution in [0.5, 0.6) is 5.75 Å². The van der Waals surface area contributed by atoms with E-state index in [1.807, 2.05) is 6.07 Å². The van der Waals surface area contributed by atoms with Gasteiger partial charge >= 0.3 is 0 Å². The lowest BCUT2D eigenvalue weighted by molar-refractivity contribution is 0.475. The fourth-order valence-electron chi connectivity index (χ4n) is 1.26. The number of rotatable bonds is 6. The average molecular weight is 245 g/mol. The van der Waals surface area contributed by atoms with Crippen molar-refractivity contribution in [3.8, 4) is 5.75 Å². The summed E-state index contributed by atoms with van der Waals surface area (Å²) in [6.45, 7) is 0.596. The SMILES string of the molecule is O=S(=O)(O)CCCCNc1cccc(O)c1. The molecule has 0 aliphatic rings. The van der Waals surface area contributed by atoms with E-state index in [2.05, 4.69) is 5.32 Å². The van der Waals surface area contributed by atoms with Crippen LogP contribution in [0.2, 0.25) is 0 Å². The number of aromatic hydroxyl groups is 1. The molecule has 6 heteroatoms. The van der Waals surface area contributed by atoms with Gasteiger partial charge in [0.15, 0.2) is 0 Å². The smallest absolute Gasteiger partial charge is 0.264 e. The topological polar surface area (TPSA) is 86.6 Å². The normalized spacial score (nSPS) is 11.3. The molecule has 3 N–H and O–H groups in total. The molecule has 0 saturated heterocycles. The first-order valence-corrected chi connectivity index (χ1v) is 6.56. The molecule has 0 saturated carbocycles. The molecule has 0 unspecified atom stereocenters. The summed E-state index contributed by atoms with van der Waals surface area (Å²) >= 11 is 0. The van der Waals surface area contributed by atoms with Gasteiger partial charge in [-0.15, -0.1) is 0 Å². The first-order chi connectivity index (χ1) is 7.47. The van der Waals surface area contributed by atoms with Crippen molar-refractivity contribution in [2.75, 3.05) is 17.6 Å². The summed E-state index contributed by atoms with van der Waals surface area (Å²) in [4.78, 5) is 0. The Labute approximate surface area is 94.9 Å². The molecule has 90 valence electrons. The molecule has 0 aromatic heterocycles. The van der Waals surface area contributed by atoms with E-state index < -0.39 is 10.1 Å². The van der Waals surface area contributed by atoms with Crippen LogP contribution in [0.4, 0.5) is 5.69 Å². The third-order valence-electron chi connectivity index (χ3n) is 2.00. The van der Waals surface area contributed by atoms with E-state index in [9.17, 15) is 13.5 Å². The van der Waals surface area contributed by atoms with Crippen molar-refractivity contribution in [1.29, 1.82) is 0 Å². The Morgan fingerprint density at radius 1 is 1.25 bits per heavy atom. The number of benzene rings is 1. The standard InChI is InChI=1S/C10H15NO4S/c12-10-5-3-4-9(8-10)11-6-1-2-7-16(13,14)15/h3-5,8,11-12H,1-2,6-7H2,(H,13,14,15). The van der Waals surface area contributed by atoms with Crippen molar-refractivity contribution < 1.29 is 18.1 Å². The molecule has 0 amide bonds. The van der Waals surface area contributed by atoms with E-state index in [0.717, 1.165) is 5.69 Å². The lowest BCUT2D eigenvalue weighted by Gasteiger charge is -2.05. The Bertz CT molecular complexity index is 430. The van der Waals surface area contributed by atoms with Crippen molar-refractivity contribution in [2.24, 2.45) is 0 Å². The molecule has 0 aliphatic carbocycles. The lowest BCUT2D eigenvalue weighted by atomic mass is 10.3. The van der Waals surface area contributed by atoms with Crippen molar-refractivity contribution in [2.45, 2.75) is 12.8 Å². The second kappa shape index (κ2) is 5.72. The zero-order valence-electron chi connectivity index (χ0n) is 8.76. The predicted molar refractivity (Wildman–Crippen MR) is 62.2 cm³/mol. The Morgan fingerprint density at radius 2 is 2.00 bits per heavy atom. The maximum atomic E-state index is 10.4. The Kier molecular flexibility index (Phi) is 4.57. The zero-order valence-corrected chi connectivity index (χ0v) is 9.57. The molecule has 0 bridgehead atoms. The van der Waals surface area contributed by atoms with Crippen molar-refractivity contribution >= 4 is 15.8 Å². The van der Waals surface area contributed by atoms with Crippen LogP contribution in [0.25, 0.3) is 0 Å². The second-order valence-corrected chi connectivity index (χ2v) is 5.04. The van der Waals surface area contributed by atoms with E-state index >= 15 is 0 Å². The van der Waals surface area contributed by atoms with E-state index in [4.69, 9.17) is 4.55 Å². The quantitative estimate of drug-likeness (QED) is 0.522. The van der Waals surface area contributed by atoms with E-state index in [1.54, 1.807) is 18.2 Å². The van der Waals surface area contributed by atoms with E-state index in [0.29, 0.717) is 19.4 Å². The summed E-state index contributed by atoms with van der Waals surface area (Å²) in [5.41, 5.74) is 0.784. The van der Waals surface area contributed by atoms with Gasteiger partial charge in [0.25, 0.3) is 10.1 Å². The van der Waals surface area contributed by atoms with Crippen LogP contribution in [0, 0.1) is 0 Å². The number of nitrogens with one attached hydrogen (secondary N) is 1. The van der Waals surface area contributed by atoms with Crippen LogP contribution >= 0.6 is 0 Å². The van der Waals surface area contributed by atoms with E-state index in [1.165, 1.54) is 0 Å². The highest BCUT2D eigenvalue weighted by atomic mass is 32.2. The van der Waals surface area contributed by atoms with Gasteiger partial charge < -0.3 is 10.4 Å². The molecule has 0 atom stereocenters. The third-order valence-corrected chi connectivity index (χ3v) is 2.81. The van der Waals surface area contributed by atoms with Gasteiger partial charge in [0.1, 0.15) is 5.75 Å². The molecular weight excluding hydrogens is 230 g/mol. The number of unbranched alkanes of at least 4 members (excludes halogenated alkanes) is 1. The molecule has 0 fully saturated rings. The molecule has 5 nitrogen and oxygen atoms in total. The minimum Gasteiger partial charge on any atom is -0.508 e. The highest BCUT2D eigenvalue weighted by molar-refractivity contribution is 7.85. The number of hydrogen-bond donors (Lipinski definition) is 3. The van der Waals surface area contributed by atoms with Gasteiger partial charge in [-0.25, -0.2) is 0 Å². The molecule has 0 radical (unpaired) electrons. The van der Waals surface area contributed by atoms with Gasteiger partial charge in [0, 0.05) is 18.3 Å². The van der Waals surface area contributed by atoms with Gasteiger partial charge in [-0.1, -0.05) is 6.07 Å². The van der Waals surface area contributed by atoms with Crippen LogP contribution in [0.15, 0.2) is 24.3 Å². The molecule has 16 heavy (non-hydrogen) atoms. The Balaban J connectivity index is 2.21. The number of phenolic OH excluding ortho intramolecular Hbond substituents is 1. The van der Waals surface area contributed by atoms with Crippen LogP contribution in [0.3, 0.4) is 0 Å². The van der Waals surface area contributed by atoms with Crippen molar-refractivity contribution in [3.05, 3.63) is 24.3 Å². The number of hydrogen-bond acceptors (Lipinski definition) is 4. The molecule has 0 aliphatic heterocycles. The van der Waals surface area contributed by atoms with E-state index in [-0.39, 0.29) is 11.5 Å². The highest BCUT2D eigenvalue weighted by Gasteiger charge is 2.02. The largest absolute Gasteiger partial charge is 0.508 e. The lowest BCUT2D eigenvalue weighted by Crippen LogP contribution is -2.07. The van der Waals surface area contributed by atoms with Gasteiger partial charge in [-0.05, 0) is 25.0 Å². The summed E-state index contributed by atoms with van der Waals surface area (Å²) in [5.74, 6) is -0.0303. The highest BCUT2D eigenvalue weighted by Crippen LogP contribution is 2.15. The first-order valence-electron chi connectivity index (χ1n) is 4.95. The maximum Gasteiger partial charge on any atom is 0.264 e. The van der Waals surface area contributed by atoms with Gasteiger partial charge in [0.05, 0.1) is 5.75 Å². The number of phenols is 1. The fraction of sp³-hybridized carbons (Fsp3) is 0.400. The second-order valence-electron chi connectivity index (χ2n) is 3.47. The summed E-state index contributed by atoms with van der Waals surface area (Å²) < 4.78 is 29.3. The van der Waals surface area contributed by atoms with Gasteiger partial charge in [-0.3, -0.25) is 4.55 Å². The molecule has 1 aromatic carbocycles. The van der Waals surface area contributed by atoms with Crippen LogP contribution in [0.1, 0.15) is 12.8 Å². The third kappa shape index (κ3) is 5.57. The zero-order chi connectivity index (χ0) is 12.0. The van der Waals surface area contributed by atoms with Crippen molar-refractivity contribution in [1.82, 2.24) is 0 Å². The predicted octanol–water partition coefficient (Wildman–Crippen LogP) is 1.47. The Morgan fingerprint density at radius 3 is 2.62 bits per heavy atom. The average Bonchev–Trinajstić information content (AvgIpc) is 2.15. The molecule has 0 heterocycles. The van der Waals surface area contributed by atoms with Crippen molar-refractivity contribution in [3.63, 3.8) is 0 Å². The minimum atomic E-state index is -3.84. The summed E-state index contributed by atoms with van der Waals surface area (Å²) in [5, 5.41) is 12.2. The molecule has 1 aromatic rings. The summed E-state index contributed by atoms with van der Waals surface area (Å²) in [7, 11) is -3.84. The Hall–Kier alpha value is -1.27. The molecule has 0 spiro atoms. The maximum absolute atomic E-state index is 10.4. The fourth-order valence-corrected chi connectivity index (χ4v) is 1.83. The van der Waals surface area contributed by atoms with Gasteiger partial charge in [-0.2, -0.15) is 8.42 Å². The van der Waals surface area contributed by atoms with Crippen LogP contribution in [-0.4, -0.2) is 30.4 Å².